The number of hydrogen-bond donors (Lipinski definition) is 0. The average Bonchev–Trinajstić information content (AvgIpc) is 3.63. The summed E-state index contributed by atoms with van der Waals surface area (Å²) < 4.78 is 7.44. The van der Waals surface area contributed by atoms with E-state index in [1.54, 1.807) is 11.3 Å². The first kappa shape index (κ1) is 22.8. The van der Waals surface area contributed by atoms with Gasteiger partial charge in [-0.05, 0) is 30.3 Å². The third-order valence-electron chi connectivity index (χ3n) is 6.98. The van der Waals surface area contributed by atoms with Gasteiger partial charge in [-0.3, -0.25) is 0 Å². The van der Waals surface area contributed by atoms with Gasteiger partial charge in [-0.15, -0.1) is 11.3 Å². The highest BCUT2D eigenvalue weighted by molar-refractivity contribution is 7.21. The summed E-state index contributed by atoms with van der Waals surface area (Å²) in [6, 6.07) is 40.7. The molecule has 0 unspecified atom stereocenters. The first-order valence-electron chi connectivity index (χ1n) is 13.0. The summed E-state index contributed by atoms with van der Waals surface area (Å²) in [4.78, 5) is 19.8. The van der Waals surface area contributed by atoms with Crippen LogP contribution in [0.2, 0.25) is 0 Å². The van der Waals surface area contributed by atoms with Crippen LogP contribution in [0.3, 0.4) is 0 Å². The zero-order chi connectivity index (χ0) is 26.5. The lowest BCUT2D eigenvalue weighted by atomic mass is 10.1. The third kappa shape index (κ3) is 3.85. The Bertz CT molecular complexity index is 2170. The molecule has 6 heteroatoms. The van der Waals surface area contributed by atoms with Gasteiger partial charge in [-0.1, -0.05) is 91.0 Å². The Morgan fingerprint density at radius 1 is 0.500 bits per heavy atom. The van der Waals surface area contributed by atoms with Crippen molar-refractivity contribution in [3.63, 3.8) is 0 Å². The highest BCUT2D eigenvalue weighted by Crippen LogP contribution is 2.36. The Kier molecular flexibility index (Phi) is 5.24. The fourth-order valence-electron chi connectivity index (χ4n) is 5.04. The number of aromatic nitrogens is 4. The summed E-state index contributed by atoms with van der Waals surface area (Å²) in [6.45, 7) is 0. The van der Waals surface area contributed by atoms with Gasteiger partial charge < -0.3 is 4.42 Å². The van der Waals surface area contributed by atoms with Crippen LogP contribution in [-0.4, -0.2) is 19.9 Å². The Balaban J connectivity index is 1.32. The Morgan fingerprint density at radius 3 is 2.00 bits per heavy atom. The molecule has 0 aliphatic rings. The minimum absolute atomic E-state index is 0.567. The number of benzene rings is 5. The van der Waals surface area contributed by atoms with Gasteiger partial charge in [-0.25, -0.2) is 19.9 Å². The van der Waals surface area contributed by atoms with E-state index in [1.807, 2.05) is 78.9 Å². The summed E-state index contributed by atoms with van der Waals surface area (Å²) in [5.74, 6) is 1.77. The summed E-state index contributed by atoms with van der Waals surface area (Å²) in [5, 5.41) is 3.10. The normalized spacial score (nSPS) is 11.5. The largest absolute Gasteiger partial charge is 0.455 e. The summed E-state index contributed by atoms with van der Waals surface area (Å²) >= 11 is 1.68. The van der Waals surface area contributed by atoms with Crippen molar-refractivity contribution >= 4 is 43.5 Å². The molecule has 0 amide bonds. The molecule has 3 aromatic heterocycles. The average molecular weight is 533 g/mol. The minimum atomic E-state index is 0.567. The molecular formula is C34H20N4OS. The molecule has 5 aromatic carbocycles. The van der Waals surface area contributed by atoms with E-state index in [2.05, 4.69) is 42.5 Å². The van der Waals surface area contributed by atoms with Crippen LogP contribution in [0.4, 0.5) is 0 Å². The zero-order valence-electron chi connectivity index (χ0n) is 21.2. The monoisotopic (exact) mass is 532 g/mol. The van der Waals surface area contributed by atoms with Gasteiger partial charge in [0.2, 0.25) is 0 Å². The van der Waals surface area contributed by atoms with Crippen LogP contribution >= 0.6 is 11.3 Å². The molecule has 0 aliphatic heterocycles. The molecule has 5 nitrogen and oxygen atoms in total. The molecule has 3 heterocycles. The molecule has 0 bridgehead atoms. The molecule has 0 atom stereocenters. The highest BCUT2D eigenvalue weighted by atomic mass is 32.1. The van der Waals surface area contributed by atoms with E-state index in [1.165, 1.54) is 0 Å². The smallest absolute Gasteiger partial charge is 0.167 e. The summed E-state index contributed by atoms with van der Waals surface area (Å²) in [7, 11) is 0. The fraction of sp³-hybridized carbons (Fsp3) is 0. The molecule has 8 rings (SSSR count). The van der Waals surface area contributed by atoms with Crippen molar-refractivity contribution < 1.29 is 4.42 Å². The van der Waals surface area contributed by atoms with E-state index in [-0.39, 0.29) is 0 Å². The van der Waals surface area contributed by atoms with Crippen LogP contribution in [0, 0.1) is 0 Å². The first-order chi connectivity index (χ1) is 19.8. The molecule has 0 spiro atoms. The number of nitrogens with zero attached hydrogens (tertiary/aromatic N) is 4. The second-order valence-corrected chi connectivity index (χ2v) is 10.6. The molecule has 0 aliphatic carbocycles. The standard InChI is InChI=1S/C34H20N4OS/c1-3-10-21(11-4-1)31-36-32(23-18-19-29-27(20-23)35-34(40-29)22-12-5-2-6-13-22)38-33(37-31)26-16-9-15-25-24-14-7-8-17-28(24)39-30(25)26/h1-20H. The lowest BCUT2D eigenvalue weighted by Crippen LogP contribution is -2.00. The predicted octanol–water partition coefficient (Wildman–Crippen LogP) is 9.05. The fourth-order valence-corrected chi connectivity index (χ4v) is 5.99. The van der Waals surface area contributed by atoms with E-state index in [4.69, 9.17) is 24.4 Å². The molecule has 0 N–H and O–H groups in total. The van der Waals surface area contributed by atoms with Crippen LogP contribution in [0.1, 0.15) is 0 Å². The van der Waals surface area contributed by atoms with Crippen molar-refractivity contribution in [2.75, 3.05) is 0 Å². The summed E-state index contributed by atoms with van der Waals surface area (Å²) in [5.41, 5.74) is 6.27. The topological polar surface area (TPSA) is 64.7 Å². The van der Waals surface area contributed by atoms with Gasteiger partial charge in [0.1, 0.15) is 16.2 Å². The number of rotatable bonds is 4. The molecule has 0 saturated heterocycles. The molecule has 188 valence electrons. The highest BCUT2D eigenvalue weighted by Gasteiger charge is 2.18. The van der Waals surface area contributed by atoms with Gasteiger partial charge in [0.25, 0.3) is 0 Å². The van der Waals surface area contributed by atoms with Crippen molar-refractivity contribution in [1.82, 2.24) is 19.9 Å². The van der Waals surface area contributed by atoms with Gasteiger partial charge >= 0.3 is 0 Å². The number of fused-ring (bicyclic) bond motifs is 4. The predicted molar refractivity (Wildman–Crippen MR) is 162 cm³/mol. The maximum Gasteiger partial charge on any atom is 0.167 e. The summed E-state index contributed by atoms with van der Waals surface area (Å²) in [6.07, 6.45) is 0. The molecule has 40 heavy (non-hydrogen) atoms. The van der Waals surface area contributed by atoms with Crippen LogP contribution in [0.25, 0.3) is 76.9 Å². The van der Waals surface area contributed by atoms with Crippen LogP contribution < -0.4 is 0 Å². The van der Waals surface area contributed by atoms with E-state index in [0.29, 0.717) is 17.5 Å². The Morgan fingerprint density at radius 2 is 1.18 bits per heavy atom. The van der Waals surface area contributed by atoms with Gasteiger partial charge in [0, 0.05) is 27.5 Å². The Hall–Kier alpha value is -5.20. The SMILES string of the molecule is c1ccc(-c2nc(-c3ccc4sc(-c5ccccc5)nc4c3)nc(-c3cccc4c3oc3ccccc34)n2)cc1. The Labute approximate surface area is 233 Å². The van der Waals surface area contributed by atoms with Gasteiger partial charge in [0.15, 0.2) is 17.5 Å². The third-order valence-corrected chi connectivity index (χ3v) is 8.06. The lowest BCUT2D eigenvalue weighted by Gasteiger charge is -2.08. The molecule has 0 fully saturated rings. The first-order valence-corrected chi connectivity index (χ1v) is 13.8. The van der Waals surface area contributed by atoms with Crippen LogP contribution in [-0.2, 0) is 0 Å². The van der Waals surface area contributed by atoms with E-state index >= 15 is 0 Å². The number of furan rings is 1. The van der Waals surface area contributed by atoms with E-state index in [0.717, 1.165) is 59.4 Å². The molecule has 0 radical (unpaired) electrons. The van der Waals surface area contributed by atoms with Crippen LogP contribution in [0.5, 0.6) is 0 Å². The zero-order valence-corrected chi connectivity index (χ0v) is 22.0. The minimum Gasteiger partial charge on any atom is -0.455 e. The maximum absolute atomic E-state index is 6.32. The maximum atomic E-state index is 6.32. The number of hydrogen-bond acceptors (Lipinski definition) is 6. The van der Waals surface area contributed by atoms with Crippen molar-refractivity contribution in [1.29, 1.82) is 0 Å². The molecule has 0 saturated carbocycles. The second kappa shape index (κ2) is 9.22. The van der Waals surface area contributed by atoms with Gasteiger partial charge in [0.05, 0.1) is 15.8 Å². The van der Waals surface area contributed by atoms with Crippen molar-refractivity contribution in [2.45, 2.75) is 0 Å². The number of thiazole rings is 1. The molecule has 8 aromatic rings. The van der Waals surface area contributed by atoms with Gasteiger partial charge in [-0.2, -0.15) is 0 Å². The molecular weight excluding hydrogens is 512 g/mol. The quantitative estimate of drug-likeness (QED) is 0.226. The van der Waals surface area contributed by atoms with Crippen molar-refractivity contribution in [3.05, 3.63) is 121 Å². The van der Waals surface area contributed by atoms with E-state index in [9.17, 15) is 0 Å². The number of para-hydroxylation sites is 2. The second-order valence-electron chi connectivity index (χ2n) is 9.52. The van der Waals surface area contributed by atoms with Crippen molar-refractivity contribution in [3.8, 4) is 44.7 Å². The van der Waals surface area contributed by atoms with E-state index < -0.39 is 0 Å². The lowest BCUT2D eigenvalue weighted by molar-refractivity contribution is 0.669. The van der Waals surface area contributed by atoms with Crippen molar-refractivity contribution in [2.24, 2.45) is 0 Å². The van der Waals surface area contributed by atoms with Crippen LogP contribution in [0.15, 0.2) is 126 Å².